The van der Waals surface area contributed by atoms with E-state index in [1.807, 2.05) is 0 Å². The van der Waals surface area contributed by atoms with E-state index in [-0.39, 0.29) is 0 Å². The molecule has 0 radical (unpaired) electrons. The molecule has 56 valence electrons. The van der Waals surface area contributed by atoms with E-state index < -0.39 is 0 Å². The molecule has 3 aliphatic carbocycles. The molecule has 3 aliphatic rings. The second-order valence-electron chi connectivity index (χ2n) is 4.88. The van der Waals surface area contributed by atoms with E-state index in [9.17, 15) is 0 Å². The minimum Gasteiger partial charge on any atom is -0.0651 e. The maximum atomic E-state index is 2.52. The number of fused-ring (bicyclic) bond motifs is 1. The van der Waals surface area contributed by atoms with Gasteiger partial charge in [-0.1, -0.05) is 27.2 Å². The Morgan fingerprint density at radius 3 is 2.40 bits per heavy atom. The molecule has 0 aliphatic heterocycles. The second kappa shape index (κ2) is 1.09. The minimum atomic E-state index is 0.862. The smallest absolute Gasteiger partial charge is 0.0172 e. The summed E-state index contributed by atoms with van der Waals surface area (Å²) in [6.45, 7) is 7.36. The van der Waals surface area contributed by atoms with Crippen LogP contribution in [0.3, 0.4) is 0 Å². The largest absolute Gasteiger partial charge is 0.0651 e. The Morgan fingerprint density at radius 2 is 2.20 bits per heavy atom. The van der Waals surface area contributed by atoms with Gasteiger partial charge in [0.05, 0.1) is 0 Å². The predicted molar refractivity (Wildman–Crippen MR) is 41.6 cm³/mol. The second-order valence-corrected chi connectivity index (χ2v) is 4.88. The van der Waals surface area contributed by atoms with Crippen LogP contribution in [0.25, 0.3) is 0 Å². The van der Waals surface area contributed by atoms with Gasteiger partial charge in [-0.25, -0.2) is 0 Å². The summed E-state index contributed by atoms with van der Waals surface area (Å²) in [5.74, 6) is 3.35. The molecule has 0 heteroatoms. The molecule has 0 saturated heterocycles. The third-order valence-corrected chi connectivity index (χ3v) is 5.27. The molecule has 0 bridgehead atoms. The standard InChI is InChI=1S/C10H16/c1-4-7-6(2)10-5-8(10)9(7,10)3/h6-8H,4-5H2,1-3H3. The summed E-state index contributed by atoms with van der Waals surface area (Å²) in [5.41, 5.74) is 1.79. The zero-order valence-corrected chi connectivity index (χ0v) is 7.15. The van der Waals surface area contributed by atoms with Crippen LogP contribution in [0.1, 0.15) is 33.6 Å². The van der Waals surface area contributed by atoms with Crippen LogP contribution in [0.4, 0.5) is 0 Å². The summed E-state index contributed by atoms with van der Waals surface area (Å²) in [6, 6.07) is 0. The van der Waals surface area contributed by atoms with E-state index in [0.29, 0.717) is 0 Å². The van der Waals surface area contributed by atoms with Crippen molar-refractivity contribution in [1.29, 1.82) is 0 Å². The van der Waals surface area contributed by atoms with E-state index in [1.165, 1.54) is 12.3 Å². The lowest BCUT2D eigenvalue weighted by molar-refractivity contribution is -0.00858. The van der Waals surface area contributed by atoms with Gasteiger partial charge in [0.2, 0.25) is 0 Å². The zero-order chi connectivity index (χ0) is 7.15. The molecule has 3 fully saturated rings. The molecule has 3 rings (SSSR count). The van der Waals surface area contributed by atoms with Crippen molar-refractivity contribution in [2.45, 2.75) is 33.6 Å². The Hall–Kier alpha value is 0. The highest BCUT2D eigenvalue weighted by molar-refractivity contribution is 5.43. The van der Waals surface area contributed by atoms with Gasteiger partial charge in [-0.3, -0.25) is 0 Å². The lowest BCUT2D eigenvalue weighted by Crippen LogP contribution is -2.43. The molecule has 5 atom stereocenters. The third-order valence-electron chi connectivity index (χ3n) is 5.27. The molecule has 0 aromatic heterocycles. The van der Waals surface area contributed by atoms with Crippen LogP contribution in [0.2, 0.25) is 0 Å². The summed E-state index contributed by atoms with van der Waals surface area (Å²) in [4.78, 5) is 0. The highest BCUT2D eigenvalue weighted by atomic mass is 15.0. The van der Waals surface area contributed by atoms with Crippen LogP contribution in [0.5, 0.6) is 0 Å². The van der Waals surface area contributed by atoms with Crippen molar-refractivity contribution in [3.63, 3.8) is 0 Å². The SMILES string of the molecule is CCC1C(C)C23CC2C13C. The maximum Gasteiger partial charge on any atom is -0.0172 e. The van der Waals surface area contributed by atoms with Crippen LogP contribution < -0.4 is 0 Å². The first-order valence-corrected chi connectivity index (χ1v) is 4.69. The van der Waals surface area contributed by atoms with Gasteiger partial charge in [0.1, 0.15) is 0 Å². The molecule has 0 aromatic carbocycles. The maximum absolute atomic E-state index is 2.52. The van der Waals surface area contributed by atoms with E-state index in [4.69, 9.17) is 0 Å². The Kier molecular flexibility index (Phi) is 0.612. The monoisotopic (exact) mass is 136 g/mol. The van der Waals surface area contributed by atoms with Crippen molar-refractivity contribution >= 4 is 0 Å². The van der Waals surface area contributed by atoms with Crippen molar-refractivity contribution < 1.29 is 0 Å². The van der Waals surface area contributed by atoms with Gasteiger partial charge in [0, 0.05) is 0 Å². The van der Waals surface area contributed by atoms with Crippen molar-refractivity contribution in [1.82, 2.24) is 0 Å². The number of hydrogen-bond acceptors (Lipinski definition) is 0. The molecule has 5 unspecified atom stereocenters. The van der Waals surface area contributed by atoms with Gasteiger partial charge in [-0.15, -0.1) is 0 Å². The van der Waals surface area contributed by atoms with E-state index in [0.717, 1.165) is 22.7 Å². The first-order chi connectivity index (χ1) is 4.69. The summed E-state index contributed by atoms with van der Waals surface area (Å²) in [6.07, 6.45) is 3.01. The predicted octanol–water partition coefficient (Wildman–Crippen LogP) is 2.69. The van der Waals surface area contributed by atoms with Gasteiger partial charge < -0.3 is 0 Å². The highest BCUT2D eigenvalue weighted by Crippen LogP contribution is 3.01. The Bertz CT molecular complexity index is 208. The van der Waals surface area contributed by atoms with Crippen molar-refractivity contribution in [2.24, 2.45) is 28.6 Å². The number of rotatable bonds is 1. The van der Waals surface area contributed by atoms with Crippen LogP contribution in [-0.4, -0.2) is 0 Å². The summed E-state index contributed by atoms with van der Waals surface area (Å²) in [5, 5.41) is 0. The Labute approximate surface area is 63.0 Å². The van der Waals surface area contributed by atoms with Crippen LogP contribution in [0, 0.1) is 28.6 Å². The van der Waals surface area contributed by atoms with Gasteiger partial charge >= 0.3 is 0 Å². The molecule has 10 heavy (non-hydrogen) atoms. The lowest BCUT2D eigenvalue weighted by atomic mass is 9.56. The van der Waals surface area contributed by atoms with Gasteiger partial charge in [0.15, 0.2) is 0 Å². The average molecular weight is 136 g/mol. The molecule has 0 nitrogen and oxygen atoms in total. The zero-order valence-electron chi connectivity index (χ0n) is 7.15. The normalized spacial score (nSPS) is 75.3. The molecule has 0 N–H and O–H groups in total. The topological polar surface area (TPSA) is 0 Å². The molecular weight excluding hydrogens is 120 g/mol. The fourth-order valence-corrected chi connectivity index (χ4v) is 4.59. The van der Waals surface area contributed by atoms with Gasteiger partial charge in [-0.2, -0.15) is 0 Å². The molecule has 0 heterocycles. The summed E-state index contributed by atoms with van der Waals surface area (Å²) in [7, 11) is 0. The molecule has 1 spiro atoms. The van der Waals surface area contributed by atoms with Crippen molar-refractivity contribution in [2.75, 3.05) is 0 Å². The summed E-state index contributed by atoms with van der Waals surface area (Å²) < 4.78 is 0. The first-order valence-electron chi connectivity index (χ1n) is 4.69. The fraction of sp³-hybridized carbons (Fsp3) is 1.00. The van der Waals surface area contributed by atoms with Gasteiger partial charge in [-0.05, 0) is 35.0 Å². The molecule has 0 aromatic rings. The van der Waals surface area contributed by atoms with Crippen LogP contribution in [0.15, 0.2) is 0 Å². The first kappa shape index (κ1) is 5.62. The van der Waals surface area contributed by atoms with Gasteiger partial charge in [0.25, 0.3) is 0 Å². The molecule has 3 saturated carbocycles. The number of hydrogen-bond donors (Lipinski definition) is 0. The van der Waals surface area contributed by atoms with Crippen molar-refractivity contribution in [3.05, 3.63) is 0 Å². The third kappa shape index (κ3) is 0.245. The van der Waals surface area contributed by atoms with E-state index in [1.54, 1.807) is 6.42 Å². The lowest BCUT2D eigenvalue weighted by Gasteiger charge is -2.48. The van der Waals surface area contributed by atoms with Crippen LogP contribution in [-0.2, 0) is 0 Å². The summed E-state index contributed by atoms with van der Waals surface area (Å²) >= 11 is 0. The average Bonchev–Trinajstić information content (AvgIpc) is 2.73. The van der Waals surface area contributed by atoms with E-state index >= 15 is 0 Å². The fourth-order valence-electron chi connectivity index (χ4n) is 4.59. The van der Waals surface area contributed by atoms with E-state index in [2.05, 4.69) is 20.8 Å². The van der Waals surface area contributed by atoms with Crippen LogP contribution >= 0.6 is 0 Å². The molecule has 0 amide bonds. The minimum absolute atomic E-state index is 0.862. The Balaban J connectivity index is 1.93. The Morgan fingerprint density at radius 1 is 1.50 bits per heavy atom. The highest BCUT2D eigenvalue weighted by Gasteiger charge is 2.96. The molecular formula is C10H16. The van der Waals surface area contributed by atoms with Crippen molar-refractivity contribution in [3.8, 4) is 0 Å². The quantitative estimate of drug-likeness (QED) is 0.520.